The van der Waals surface area contributed by atoms with Crippen molar-refractivity contribution in [2.24, 2.45) is 5.41 Å². The maximum Gasteiger partial charge on any atom is 0.116 e. The molecule has 0 saturated heterocycles. The van der Waals surface area contributed by atoms with Crippen LogP contribution in [0.4, 0.5) is 0 Å². The molecule has 2 atom stereocenters. The predicted molar refractivity (Wildman–Crippen MR) is 385 cm³/mol. The third-order valence-electron chi connectivity index (χ3n) is 20.7. The lowest BCUT2D eigenvalue weighted by molar-refractivity contribution is 0.225. The first-order valence-corrected chi connectivity index (χ1v) is 33.8. The Labute approximate surface area is 567 Å². The van der Waals surface area contributed by atoms with E-state index in [-0.39, 0.29) is 21.7 Å². The smallest absolute Gasteiger partial charge is 0.116 e. The summed E-state index contributed by atoms with van der Waals surface area (Å²) in [6, 6.07) is 44.3. The van der Waals surface area contributed by atoms with Gasteiger partial charge in [0, 0.05) is 88.3 Å². The van der Waals surface area contributed by atoms with Crippen LogP contribution in [0.1, 0.15) is 145 Å². The molecule has 19 rings (SSSR count). The Kier molecular flexibility index (Phi) is 16.3. The van der Waals surface area contributed by atoms with Crippen LogP contribution in [0.15, 0.2) is 165 Å². The van der Waals surface area contributed by atoms with Crippen LogP contribution in [0.2, 0.25) is 0 Å². The van der Waals surface area contributed by atoms with Crippen molar-refractivity contribution < 1.29 is 0 Å². The predicted octanol–water partition coefficient (Wildman–Crippen LogP) is 16.4. The average Bonchev–Trinajstić information content (AvgIpc) is 1.52. The lowest BCUT2D eigenvalue weighted by Gasteiger charge is -2.34. The molecule has 4 aliphatic carbocycles. The summed E-state index contributed by atoms with van der Waals surface area (Å²) in [4.78, 5) is 43.8. The first-order valence-electron chi connectivity index (χ1n) is 33.8. The van der Waals surface area contributed by atoms with Gasteiger partial charge < -0.3 is 0 Å². The summed E-state index contributed by atoms with van der Waals surface area (Å²) in [5.74, 6) is 0.560. The van der Waals surface area contributed by atoms with Crippen molar-refractivity contribution >= 4 is 54.5 Å². The monoisotopic (exact) mass is 1290 g/mol. The Balaban J connectivity index is 0.000000100. The number of hydrogen-bond donors (Lipinski definition) is 5. The fourth-order valence-electron chi connectivity index (χ4n) is 15.0. The van der Waals surface area contributed by atoms with Gasteiger partial charge in [-0.2, -0.15) is 25.5 Å². The molecule has 1 fully saturated rings. The van der Waals surface area contributed by atoms with Crippen molar-refractivity contribution in [3.8, 4) is 56.9 Å². The van der Waals surface area contributed by atoms with Gasteiger partial charge in [-0.3, -0.25) is 25.5 Å². The Morgan fingerprint density at radius 3 is 1.31 bits per heavy atom. The van der Waals surface area contributed by atoms with Crippen molar-refractivity contribution in [3.63, 3.8) is 0 Å². The molecule has 5 aromatic carbocycles. The number of para-hydroxylation sites is 5. The van der Waals surface area contributed by atoms with Gasteiger partial charge in [0.25, 0.3) is 0 Å². The number of H-pyrrole nitrogens is 5. The molecule has 1 saturated carbocycles. The van der Waals surface area contributed by atoms with Crippen LogP contribution in [-0.4, -0.2) is 101 Å². The van der Waals surface area contributed by atoms with Crippen LogP contribution in [0.25, 0.3) is 111 Å². The molecule has 0 aliphatic heterocycles. The van der Waals surface area contributed by atoms with Crippen LogP contribution in [0, 0.1) is 12.3 Å². The SMILES string of the molecule is CC(C)(C)c1cc(-c2ncnc3ccccc23)n[nH]1.CC1(C)CCCc2c(-c3ncnc4ccccc34)n[nH]c21.CC12CCC(c3c(-c4ncnc5ccccc45)n[nH]c31)C2(C)C.Cc1cc(-c2ncnc3ccccc23)n[nH]1.c1ccc2c(-c3n[nH]c4c3CCCC4)ncnc2c1. The van der Waals surface area contributed by atoms with Gasteiger partial charge in [0.15, 0.2) is 0 Å². The summed E-state index contributed by atoms with van der Waals surface area (Å²) in [5.41, 5.74) is 24.9. The highest BCUT2D eigenvalue weighted by molar-refractivity contribution is 5.95. The maximum absolute atomic E-state index is 4.69. The number of nitrogens with one attached hydrogen (secondary N) is 5. The minimum absolute atomic E-state index is 0.0497. The first-order chi connectivity index (χ1) is 47.5. The lowest BCUT2D eigenvalue weighted by Crippen LogP contribution is -2.32. The Hall–Kier alpha value is -11.2. The summed E-state index contributed by atoms with van der Waals surface area (Å²) < 4.78 is 0. The van der Waals surface area contributed by atoms with E-state index in [9.17, 15) is 0 Å². The highest BCUT2D eigenvalue weighted by Gasteiger charge is 2.61. The summed E-state index contributed by atoms with van der Waals surface area (Å²) in [6.07, 6.45) is 18.7. The van der Waals surface area contributed by atoms with Gasteiger partial charge in [0.2, 0.25) is 0 Å². The Morgan fingerprint density at radius 2 is 0.806 bits per heavy atom. The minimum atomic E-state index is 0.0497. The van der Waals surface area contributed by atoms with Crippen molar-refractivity contribution in [2.75, 3.05) is 0 Å². The standard InChI is InChI=1S/C19H20N4.C17H18N4.C15H14N4.C15H16N4.C12H10N4/c1-18(2)12-8-9-19(18,3)17-14(12)16(22-23-17)15-11-6-4-5-7-13(11)20-10-21-15;1-17(2)9-5-7-12-15(20-21-16(12)17)14-11-6-3-4-8-13(11)18-10-19-14;1-3-7-12-10(5-1)14(17-9-16-12)15-11-6-2-4-8-13(11)18-19-15;1-15(2,3)13-8-12(18-19-13)14-10-6-4-5-7-11(10)16-9-17-14;1-8-6-11(16-15-8)12-9-4-2-3-5-10(9)13-7-14-12/h4-7,10,12H,8-9H2,1-3H3,(H,22,23);3-4,6,8,10H,5,7,9H2,1-2H3,(H,20,21);1,3,5,7,9H,2,4,6,8H2,(H,18,19);4-9H,1-3H3,(H,18,19);2-7H,1H3,(H,15,16). The molecule has 10 aromatic heterocycles. The number of nitrogens with zero attached hydrogens (tertiary/aromatic N) is 15. The number of rotatable bonds is 5. The summed E-state index contributed by atoms with van der Waals surface area (Å²) in [6.45, 7) is 20.2. The number of fused-ring (bicyclic) bond motifs is 12. The van der Waals surface area contributed by atoms with E-state index in [1.54, 1.807) is 31.6 Å². The Bertz CT molecular complexity index is 5380. The van der Waals surface area contributed by atoms with E-state index in [0.717, 1.165) is 142 Å². The Morgan fingerprint density at radius 1 is 0.388 bits per heavy atom. The second-order valence-electron chi connectivity index (χ2n) is 28.5. The average molecular weight is 1300 g/mol. The molecule has 4 aliphatic rings. The molecule has 0 spiro atoms. The fraction of sp³-hybridized carbons (Fsp3) is 0.295. The molecule has 2 unspecified atom stereocenters. The van der Waals surface area contributed by atoms with Crippen LogP contribution < -0.4 is 0 Å². The van der Waals surface area contributed by atoms with Gasteiger partial charge in [-0.25, -0.2) is 49.8 Å². The molecule has 15 aromatic rings. The van der Waals surface area contributed by atoms with Gasteiger partial charge in [0.05, 0.1) is 27.6 Å². The quantitative estimate of drug-likeness (QED) is 0.107. The molecule has 20 heteroatoms. The van der Waals surface area contributed by atoms with Crippen molar-refractivity contribution in [1.29, 1.82) is 0 Å². The molecule has 0 amide bonds. The number of benzene rings is 5. The second-order valence-corrected chi connectivity index (χ2v) is 28.5. The zero-order valence-corrected chi connectivity index (χ0v) is 56.7. The molecule has 5 N–H and O–H groups in total. The van der Waals surface area contributed by atoms with E-state index in [2.05, 4.69) is 175 Å². The molecule has 10 heterocycles. The summed E-state index contributed by atoms with van der Waals surface area (Å²) in [7, 11) is 0. The zero-order valence-electron chi connectivity index (χ0n) is 56.7. The molecule has 98 heavy (non-hydrogen) atoms. The van der Waals surface area contributed by atoms with E-state index in [4.69, 9.17) is 5.10 Å². The summed E-state index contributed by atoms with van der Waals surface area (Å²) in [5, 5.41) is 43.5. The van der Waals surface area contributed by atoms with Gasteiger partial charge in [-0.1, -0.05) is 146 Å². The number of hydrogen-bond acceptors (Lipinski definition) is 15. The second kappa shape index (κ2) is 25.4. The van der Waals surface area contributed by atoms with Gasteiger partial charge in [-0.05, 0) is 119 Å². The largest absolute Gasteiger partial charge is 0.282 e. The molecule has 490 valence electrons. The molecule has 20 nitrogen and oxygen atoms in total. The molecular weight excluding hydrogens is 1220 g/mol. The fourth-order valence-corrected chi connectivity index (χ4v) is 15.0. The van der Waals surface area contributed by atoms with E-state index in [1.165, 1.54) is 72.3 Å². The highest BCUT2D eigenvalue weighted by Crippen LogP contribution is 2.68. The van der Waals surface area contributed by atoms with Crippen molar-refractivity contribution in [1.82, 2.24) is 101 Å². The van der Waals surface area contributed by atoms with E-state index in [1.807, 2.05) is 116 Å². The van der Waals surface area contributed by atoms with Crippen molar-refractivity contribution in [3.05, 3.63) is 210 Å². The zero-order chi connectivity index (χ0) is 67.3. The third-order valence-corrected chi connectivity index (χ3v) is 20.7. The first kappa shape index (κ1) is 62.9. The van der Waals surface area contributed by atoms with Crippen LogP contribution in [-0.2, 0) is 35.5 Å². The molecule has 0 radical (unpaired) electrons. The normalized spacial score (nSPS) is 17.0. The number of aromatic amines is 5. The highest BCUT2D eigenvalue weighted by atomic mass is 15.2. The van der Waals surface area contributed by atoms with E-state index >= 15 is 0 Å². The van der Waals surface area contributed by atoms with E-state index in [0.29, 0.717) is 5.92 Å². The molecular formula is C78H78N20. The summed E-state index contributed by atoms with van der Waals surface area (Å²) >= 11 is 0. The van der Waals surface area contributed by atoms with Gasteiger partial charge in [-0.15, -0.1) is 0 Å². The van der Waals surface area contributed by atoms with Gasteiger partial charge >= 0.3 is 0 Å². The lowest BCUT2D eigenvalue weighted by atomic mass is 9.70. The number of aromatic nitrogens is 20. The topological polar surface area (TPSA) is 272 Å². The van der Waals surface area contributed by atoms with Crippen molar-refractivity contribution in [2.45, 2.75) is 142 Å². The van der Waals surface area contributed by atoms with Crippen LogP contribution in [0.5, 0.6) is 0 Å². The van der Waals surface area contributed by atoms with Crippen LogP contribution >= 0.6 is 0 Å². The van der Waals surface area contributed by atoms with Crippen LogP contribution in [0.3, 0.4) is 0 Å². The minimum Gasteiger partial charge on any atom is -0.282 e. The molecule has 2 bridgehead atoms. The maximum atomic E-state index is 4.69. The van der Waals surface area contributed by atoms with Gasteiger partial charge in [0.1, 0.15) is 88.6 Å². The van der Waals surface area contributed by atoms with E-state index < -0.39 is 0 Å². The number of aryl methyl sites for hydroxylation is 2. The third kappa shape index (κ3) is 11.5.